The standard InChI is InChI=1S/C24H25ClN4O3S/c1-27-23(17-2-5-19(25)6-3-17)26-29(24(27)33)15-28-10-8-16(9-11-28)22(30)18-4-7-20-21(14-18)32-13-12-31-20/h2-7,14,16H,8-13,15H2,1H3. The van der Waals surface area contributed by atoms with E-state index in [4.69, 9.17) is 38.4 Å². The van der Waals surface area contributed by atoms with E-state index in [1.54, 1.807) is 0 Å². The van der Waals surface area contributed by atoms with Crippen LogP contribution in [0.4, 0.5) is 0 Å². The maximum atomic E-state index is 13.1. The number of hydrogen-bond donors (Lipinski definition) is 0. The molecule has 2 aliphatic heterocycles. The van der Waals surface area contributed by atoms with Gasteiger partial charge in [0.25, 0.3) is 0 Å². The van der Waals surface area contributed by atoms with Crippen molar-refractivity contribution in [3.05, 3.63) is 57.8 Å². The van der Waals surface area contributed by atoms with Gasteiger partial charge in [-0.05, 0) is 67.5 Å². The molecule has 3 aromatic rings. The number of carbonyl (C=O) groups is 1. The number of hydrogen-bond acceptors (Lipinski definition) is 6. The van der Waals surface area contributed by atoms with Crippen LogP contribution >= 0.6 is 23.8 Å². The van der Waals surface area contributed by atoms with E-state index in [-0.39, 0.29) is 11.7 Å². The number of aromatic nitrogens is 3. The van der Waals surface area contributed by atoms with Crippen LogP contribution in [0.1, 0.15) is 23.2 Å². The number of Topliss-reactive ketones (excluding diaryl/α,β-unsaturated/α-hetero) is 1. The van der Waals surface area contributed by atoms with E-state index >= 15 is 0 Å². The number of benzene rings is 2. The van der Waals surface area contributed by atoms with Gasteiger partial charge in [0.1, 0.15) is 13.2 Å². The summed E-state index contributed by atoms with van der Waals surface area (Å²) in [6, 6.07) is 13.1. The summed E-state index contributed by atoms with van der Waals surface area (Å²) in [5, 5.41) is 5.43. The van der Waals surface area contributed by atoms with Gasteiger partial charge in [-0.2, -0.15) is 5.10 Å². The predicted molar refractivity (Wildman–Crippen MR) is 129 cm³/mol. The van der Waals surface area contributed by atoms with Crippen LogP contribution in [0.25, 0.3) is 11.4 Å². The number of fused-ring (bicyclic) bond motifs is 1. The van der Waals surface area contributed by atoms with Gasteiger partial charge in [0.2, 0.25) is 0 Å². The van der Waals surface area contributed by atoms with Crippen molar-refractivity contribution in [3.8, 4) is 22.9 Å². The van der Waals surface area contributed by atoms with E-state index in [2.05, 4.69) is 4.90 Å². The molecule has 0 aliphatic carbocycles. The Kier molecular flexibility index (Phi) is 6.23. The van der Waals surface area contributed by atoms with Crippen molar-refractivity contribution in [2.75, 3.05) is 26.3 Å². The predicted octanol–water partition coefficient (Wildman–Crippen LogP) is 4.60. The van der Waals surface area contributed by atoms with Crippen molar-refractivity contribution in [1.29, 1.82) is 0 Å². The van der Waals surface area contributed by atoms with Crippen molar-refractivity contribution in [3.63, 3.8) is 0 Å². The number of ether oxygens (including phenoxy) is 2. The number of nitrogens with zero attached hydrogens (tertiary/aromatic N) is 4. The lowest BCUT2D eigenvalue weighted by Crippen LogP contribution is -2.37. The zero-order valence-electron chi connectivity index (χ0n) is 18.4. The Hall–Kier alpha value is -2.68. The highest BCUT2D eigenvalue weighted by Crippen LogP contribution is 2.32. The second-order valence-electron chi connectivity index (χ2n) is 8.43. The zero-order chi connectivity index (χ0) is 22.9. The quantitative estimate of drug-likeness (QED) is 0.390. The van der Waals surface area contributed by atoms with Gasteiger partial charge in [-0.1, -0.05) is 11.6 Å². The lowest BCUT2D eigenvalue weighted by molar-refractivity contribution is 0.0802. The van der Waals surface area contributed by atoms with Crippen LogP contribution in [-0.2, 0) is 13.7 Å². The Morgan fingerprint density at radius 1 is 1.09 bits per heavy atom. The monoisotopic (exact) mass is 484 g/mol. The van der Waals surface area contributed by atoms with E-state index in [1.165, 1.54) is 0 Å². The molecule has 1 aromatic heterocycles. The molecule has 0 atom stereocenters. The molecule has 7 nitrogen and oxygen atoms in total. The van der Waals surface area contributed by atoms with E-state index in [1.807, 2.05) is 58.8 Å². The maximum absolute atomic E-state index is 13.1. The normalized spacial score (nSPS) is 16.7. The maximum Gasteiger partial charge on any atom is 0.199 e. The van der Waals surface area contributed by atoms with Gasteiger partial charge in [-0.15, -0.1) is 0 Å². The Balaban J connectivity index is 1.23. The molecule has 172 valence electrons. The first kappa shape index (κ1) is 22.1. The Morgan fingerprint density at radius 3 is 2.52 bits per heavy atom. The van der Waals surface area contributed by atoms with E-state index in [9.17, 15) is 4.79 Å². The first-order chi connectivity index (χ1) is 16.0. The van der Waals surface area contributed by atoms with Crippen LogP contribution in [0, 0.1) is 10.7 Å². The number of rotatable bonds is 5. The minimum absolute atomic E-state index is 0.00476. The summed E-state index contributed by atoms with van der Waals surface area (Å²) in [4.78, 5) is 15.4. The highest BCUT2D eigenvalue weighted by molar-refractivity contribution is 7.71. The Bertz CT molecular complexity index is 1230. The highest BCUT2D eigenvalue weighted by atomic mass is 35.5. The summed E-state index contributed by atoms with van der Waals surface area (Å²) >= 11 is 11.6. The molecule has 0 N–H and O–H groups in total. The molecule has 9 heteroatoms. The molecular weight excluding hydrogens is 460 g/mol. The molecule has 2 aliphatic rings. The van der Waals surface area contributed by atoms with Gasteiger partial charge < -0.3 is 14.0 Å². The van der Waals surface area contributed by atoms with Crippen molar-refractivity contribution in [2.24, 2.45) is 13.0 Å². The summed E-state index contributed by atoms with van der Waals surface area (Å²) in [7, 11) is 1.92. The van der Waals surface area contributed by atoms with Crippen LogP contribution in [0.3, 0.4) is 0 Å². The second-order valence-corrected chi connectivity index (χ2v) is 9.23. The van der Waals surface area contributed by atoms with Gasteiger partial charge in [0.05, 0.1) is 6.67 Å². The van der Waals surface area contributed by atoms with Gasteiger partial charge in [-0.25, -0.2) is 4.68 Å². The van der Waals surface area contributed by atoms with Crippen LogP contribution in [-0.4, -0.2) is 51.3 Å². The molecule has 0 radical (unpaired) electrons. The fourth-order valence-corrected chi connectivity index (χ4v) is 4.70. The summed E-state index contributed by atoms with van der Waals surface area (Å²) in [6.07, 6.45) is 1.61. The number of carbonyl (C=O) groups excluding carboxylic acids is 1. The second kappa shape index (κ2) is 9.29. The fourth-order valence-electron chi connectivity index (χ4n) is 4.39. The van der Waals surface area contributed by atoms with Gasteiger partial charge >= 0.3 is 0 Å². The molecule has 1 saturated heterocycles. The number of likely N-dealkylation sites (tertiary alicyclic amines) is 1. The minimum Gasteiger partial charge on any atom is -0.486 e. The van der Waals surface area contributed by atoms with Crippen LogP contribution in [0.2, 0.25) is 5.02 Å². The average molecular weight is 485 g/mol. The molecular formula is C24H25ClN4O3S. The molecule has 3 heterocycles. The average Bonchev–Trinajstić information content (AvgIpc) is 3.13. The summed E-state index contributed by atoms with van der Waals surface area (Å²) in [6.45, 7) is 3.29. The molecule has 0 amide bonds. The molecule has 0 saturated carbocycles. The summed E-state index contributed by atoms with van der Waals surface area (Å²) < 4.78 is 15.6. The fraction of sp³-hybridized carbons (Fsp3) is 0.375. The van der Waals surface area contributed by atoms with Crippen LogP contribution in [0.15, 0.2) is 42.5 Å². The van der Waals surface area contributed by atoms with Crippen molar-refractivity contribution in [2.45, 2.75) is 19.5 Å². The third-order valence-corrected chi connectivity index (χ3v) is 7.00. The van der Waals surface area contributed by atoms with Gasteiger partial charge in [-0.3, -0.25) is 9.69 Å². The van der Waals surface area contributed by atoms with E-state index < -0.39 is 0 Å². The largest absolute Gasteiger partial charge is 0.486 e. The molecule has 0 unspecified atom stereocenters. The topological polar surface area (TPSA) is 61.5 Å². The van der Waals surface area contributed by atoms with Crippen LogP contribution < -0.4 is 9.47 Å². The van der Waals surface area contributed by atoms with Crippen molar-refractivity contribution >= 4 is 29.6 Å². The first-order valence-electron chi connectivity index (χ1n) is 11.1. The third-order valence-electron chi connectivity index (χ3n) is 6.26. The molecule has 2 aromatic carbocycles. The summed E-state index contributed by atoms with van der Waals surface area (Å²) in [5.41, 5.74) is 1.66. The smallest absolute Gasteiger partial charge is 0.199 e. The number of ketones is 1. The third kappa shape index (κ3) is 4.55. The van der Waals surface area contributed by atoms with E-state index in [0.717, 1.165) is 37.3 Å². The lowest BCUT2D eigenvalue weighted by atomic mass is 9.89. The van der Waals surface area contributed by atoms with Crippen LogP contribution in [0.5, 0.6) is 11.5 Å². The van der Waals surface area contributed by atoms with Crippen molar-refractivity contribution in [1.82, 2.24) is 19.2 Å². The Labute approximate surface area is 202 Å². The highest BCUT2D eigenvalue weighted by Gasteiger charge is 2.27. The van der Waals surface area contributed by atoms with E-state index in [0.29, 0.717) is 46.7 Å². The molecule has 1 fully saturated rings. The molecule has 0 spiro atoms. The number of halogens is 1. The van der Waals surface area contributed by atoms with Crippen molar-refractivity contribution < 1.29 is 14.3 Å². The SMILES string of the molecule is Cn1c(-c2ccc(Cl)cc2)nn(CN2CCC(C(=O)c3ccc4c(c3)OCCO4)CC2)c1=S. The lowest BCUT2D eigenvalue weighted by Gasteiger charge is -2.31. The molecule has 5 rings (SSSR count). The van der Waals surface area contributed by atoms with Gasteiger partial charge in [0, 0.05) is 42.2 Å². The summed E-state index contributed by atoms with van der Waals surface area (Å²) in [5.74, 6) is 2.35. The number of piperidine rings is 1. The minimum atomic E-state index is 0.00476. The zero-order valence-corrected chi connectivity index (χ0v) is 19.9. The van der Waals surface area contributed by atoms with Gasteiger partial charge in [0.15, 0.2) is 27.9 Å². The first-order valence-corrected chi connectivity index (χ1v) is 11.8. The Morgan fingerprint density at radius 2 is 1.79 bits per heavy atom. The molecule has 0 bridgehead atoms. The molecule has 33 heavy (non-hydrogen) atoms.